The highest BCUT2D eigenvalue weighted by Crippen LogP contribution is 2.40. The third-order valence-electron chi connectivity index (χ3n) is 3.33. The third kappa shape index (κ3) is 2.43. The van der Waals surface area contributed by atoms with Crippen LogP contribution in [0.15, 0.2) is 6.07 Å². The van der Waals surface area contributed by atoms with Crippen molar-refractivity contribution >= 4 is 11.8 Å². The molecule has 0 unspecified atom stereocenters. The van der Waals surface area contributed by atoms with Crippen LogP contribution in [0.2, 0.25) is 0 Å². The number of hydrogen-bond donors (Lipinski definition) is 2. The van der Waals surface area contributed by atoms with Crippen LogP contribution in [-0.4, -0.2) is 23.6 Å². The number of hydrogen-bond acceptors (Lipinski definition) is 4. The molecule has 1 aromatic rings. The highest BCUT2D eigenvalue weighted by Gasteiger charge is 2.31. The molecule has 1 aromatic heterocycles. The molecular formula is C12H20N4. The Balaban J connectivity index is 2.00. The predicted octanol–water partition coefficient (Wildman–Crippen LogP) is 2.43. The van der Waals surface area contributed by atoms with E-state index < -0.39 is 0 Å². The molecule has 1 aliphatic rings. The molecule has 1 fully saturated rings. The van der Waals surface area contributed by atoms with Gasteiger partial charge in [0.1, 0.15) is 5.82 Å². The van der Waals surface area contributed by atoms with Crippen LogP contribution in [0.1, 0.15) is 31.9 Å². The van der Waals surface area contributed by atoms with Crippen molar-refractivity contribution in [2.24, 2.45) is 5.41 Å². The van der Waals surface area contributed by atoms with Crippen LogP contribution >= 0.6 is 0 Å². The Morgan fingerprint density at radius 2 is 2.12 bits per heavy atom. The zero-order valence-electron chi connectivity index (χ0n) is 10.3. The van der Waals surface area contributed by atoms with Crippen LogP contribution in [0, 0.1) is 12.3 Å². The molecule has 2 N–H and O–H groups in total. The Kier molecular flexibility index (Phi) is 2.99. The van der Waals surface area contributed by atoms with Gasteiger partial charge in [-0.05, 0) is 25.2 Å². The Bertz CT molecular complexity index is 371. The van der Waals surface area contributed by atoms with Crippen molar-refractivity contribution in [3.05, 3.63) is 11.8 Å². The van der Waals surface area contributed by atoms with E-state index in [-0.39, 0.29) is 0 Å². The molecule has 0 aromatic carbocycles. The van der Waals surface area contributed by atoms with Crippen molar-refractivity contribution < 1.29 is 0 Å². The summed E-state index contributed by atoms with van der Waals surface area (Å²) in [5, 5.41) is 6.38. The first kappa shape index (κ1) is 11.2. The van der Waals surface area contributed by atoms with Crippen LogP contribution in [0.5, 0.6) is 0 Å². The summed E-state index contributed by atoms with van der Waals surface area (Å²) in [6.07, 6.45) is 4.01. The first-order valence-electron chi connectivity index (χ1n) is 5.89. The van der Waals surface area contributed by atoms with Crippen LogP contribution in [-0.2, 0) is 0 Å². The van der Waals surface area contributed by atoms with E-state index in [2.05, 4.69) is 27.5 Å². The van der Waals surface area contributed by atoms with Gasteiger partial charge >= 0.3 is 0 Å². The average molecular weight is 220 g/mol. The Morgan fingerprint density at radius 3 is 2.69 bits per heavy atom. The lowest BCUT2D eigenvalue weighted by molar-refractivity contribution is 0.180. The lowest BCUT2D eigenvalue weighted by Gasteiger charge is -2.38. The minimum atomic E-state index is 0.471. The van der Waals surface area contributed by atoms with Crippen LogP contribution < -0.4 is 10.6 Å². The molecular weight excluding hydrogens is 200 g/mol. The summed E-state index contributed by atoms with van der Waals surface area (Å²) in [5.74, 6) is 1.60. The second-order valence-corrected chi connectivity index (χ2v) is 4.99. The van der Waals surface area contributed by atoms with Gasteiger partial charge in [-0.15, -0.1) is 0 Å². The normalized spacial score (nSPS) is 17.7. The van der Waals surface area contributed by atoms with E-state index in [1.807, 2.05) is 20.0 Å². The van der Waals surface area contributed by atoms with E-state index in [4.69, 9.17) is 0 Å². The van der Waals surface area contributed by atoms with Gasteiger partial charge in [0, 0.05) is 25.4 Å². The van der Waals surface area contributed by atoms with Crippen LogP contribution in [0.3, 0.4) is 0 Å². The summed E-state index contributed by atoms with van der Waals surface area (Å²) in [6, 6.07) is 1.99. The number of nitrogens with zero attached hydrogens (tertiary/aromatic N) is 2. The number of aromatic nitrogens is 2. The van der Waals surface area contributed by atoms with Crippen molar-refractivity contribution in [1.82, 2.24) is 9.97 Å². The molecule has 0 saturated heterocycles. The highest BCUT2D eigenvalue weighted by molar-refractivity contribution is 5.42. The van der Waals surface area contributed by atoms with E-state index in [0.29, 0.717) is 11.4 Å². The molecule has 4 nitrogen and oxygen atoms in total. The SMILES string of the molecule is CNc1nc(C)cc(NCC2(C)CCC2)n1. The monoisotopic (exact) mass is 220 g/mol. The Hall–Kier alpha value is -1.32. The van der Waals surface area contributed by atoms with Gasteiger partial charge in [-0.3, -0.25) is 0 Å². The topological polar surface area (TPSA) is 49.8 Å². The van der Waals surface area contributed by atoms with Gasteiger partial charge in [0.2, 0.25) is 5.95 Å². The number of nitrogens with one attached hydrogen (secondary N) is 2. The van der Waals surface area contributed by atoms with Crippen molar-refractivity contribution in [3.63, 3.8) is 0 Å². The van der Waals surface area contributed by atoms with E-state index in [1.165, 1.54) is 19.3 Å². The summed E-state index contributed by atoms with van der Waals surface area (Å²) in [4.78, 5) is 8.65. The zero-order valence-corrected chi connectivity index (χ0v) is 10.3. The van der Waals surface area contributed by atoms with Crippen molar-refractivity contribution in [2.45, 2.75) is 33.1 Å². The van der Waals surface area contributed by atoms with Crippen LogP contribution in [0.25, 0.3) is 0 Å². The van der Waals surface area contributed by atoms with E-state index in [0.717, 1.165) is 18.1 Å². The smallest absolute Gasteiger partial charge is 0.224 e. The molecule has 16 heavy (non-hydrogen) atoms. The van der Waals surface area contributed by atoms with Gasteiger partial charge in [0.05, 0.1) is 0 Å². The quantitative estimate of drug-likeness (QED) is 0.818. The van der Waals surface area contributed by atoms with Gasteiger partial charge in [0.25, 0.3) is 0 Å². The largest absolute Gasteiger partial charge is 0.369 e. The lowest BCUT2D eigenvalue weighted by Crippen LogP contribution is -2.33. The maximum Gasteiger partial charge on any atom is 0.224 e. The number of anilines is 2. The second-order valence-electron chi connectivity index (χ2n) is 4.99. The maximum atomic E-state index is 4.38. The maximum absolute atomic E-state index is 4.38. The van der Waals surface area contributed by atoms with Crippen LogP contribution in [0.4, 0.5) is 11.8 Å². The molecule has 0 amide bonds. The fourth-order valence-corrected chi connectivity index (χ4v) is 2.03. The third-order valence-corrected chi connectivity index (χ3v) is 3.33. The molecule has 0 aliphatic heterocycles. The Morgan fingerprint density at radius 1 is 1.38 bits per heavy atom. The van der Waals surface area contributed by atoms with Gasteiger partial charge in [-0.2, -0.15) is 4.98 Å². The van der Waals surface area contributed by atoms with Crippen molar-refractivity contribution in [2.75, 3.05) is 24.2 Å². The molecule has 0 spiro atoms. The van der Waals surface area contributed by atoms with E-state index in [9.17, 15) is 0 Å². The first-order chi connectivity index (χ1) is 7.61. The minimum absolute atomic E-state index is 0.471. The van der Waals surface area contributed by atoms with Crippen molar-refractivity contribution in [3.8, 4) is 0 Å². The zero-order chi connectivity index (χ0) is 11.6. The standard InChI is InChI=1S/C12H20N4/c1-9-7-10(16-11(13-3)15-9)14-8-12(2)5-4-6-12/h7H,4-6,8H2,1-3H3,(H2,13,14,15,16). The van der Waals surface area contributed by atoms with Gasteiger partial charge in [0.15, 0.2) is 0 Å². The predicted molar refractivity (Wildman–Crippen MR) is 66.8 cm³/mol. The summed E-state index contributed by atoms with van der Waals surface area (Å²) < 4.78 is 0. The van der Waals surface area contributed by atoms with Crippen molar-refractivity contribution in [1.29, 1.82) is 0 Å². The summed E-state index contributed by atoms with van der Waals surface area (Å²) in [6.45, 7) is 5.32. The molecule has 1 aliphatic carbocycles. The molecule has 0 radical (unpaired) electrons. The molecule has 0 bridgehead atoms. The highest BCUT2D eigenvalue weighted by atomic mass is 15.1. The molecule has 88 valence electrons. The molecule has 1 heterocycles. The summed E-state index contributed by atoms with van der Waals surface area (Å²) in [7, 11) is 1.84. The number of aryl methyl sites for hydroxylation is 1. The number of rotatable bonds is 4. The Labute approximate surface area is 96.9 Å². The summed E-state index contributed by atoms with van der Waals surface area (Å²) >= 11 is 0. The second kappa shape index (κ2) is 4.28. The first-order valence-corrected chi connectivity index (χ1v) is 5.89. The minimum Gasteiger partial charge on any atom is -0.369 e. The molecule has 0 atom stereocenters. The fraction of sp³-hybridized carbons (Fsp3) is 0.667. The summed E-state index contributed by atoms with van der Waals surface area (Å²) in [5.41, 5.74) is 1.46. The lowest BCUT2D eigenvalue weighted by atomic mass is 9.70. The van der Waals surface area contributed by atoms with Gasteiger partial charge in [-0.25, -0.2) is 4.98 Å². The molecule has 2 rings (SSSR count). The van der Waals surface area contributed by atoms with Gasteiger partial charge < -0.3 is 10.6 Å². The molecule has 1 saturated carbocycles. The van der Waals surface area contributed by atoms with E-state index >= 15 is 0 Å². The molecule has 4 heteroatoms. The van der Waals surface area contributed by atoms with Gasteiger partial charge in [-0.1, -0.05) is 13.3 Å². The fourth-order valence-electron chi connectivity index (χ4n) is 2.03. The van der Waals surface area contributed by atoms with E-state index in [1.54, 1.807) is 0 Å². The average Bonchev–Trinajstić information content (AvgIpc) is 2.23.